The van der Waals surface area contributed by atoms with E-state index in [2.05, 4.69) is 10.1 Å². The highest BCUT2D eigenvalue weighted by Crippen LogP contribution is 2.19. The van der Waals surface area contributed by atoms with Crippen molar-refractivity contribution < 1.29 is 5.11 Å². The third-order valence-electron chi connectivity index (χ3n) is 2.68. The first-order chi connectivity index (χ1) is 8.72. The Balaban J connectivity index is 1.98. The van der Waals surface area contributed by atoms with E-state index in [-0.39, 0.29) is 5.75 Å². The van der Waals surface area contributed by atoms with Crippen LogP contribution in [0.3, 0.4) is 0 Å². The molecule has 4 nitrogen and oxygen atoms in total. The van der Waals surface area contributed by atoms with Gasteiger partial charge in [-0.3, -0.25) is 0 Å². The third-order valence-corrected chi connectivity index (χ3v) is 2.92. The molecule has 90 valence electrons. The van der Waals surface area contributed by atoms with Crippen LogP contribution in [0.4, 0.5) is 0 Å². The minimum atomic E-state index is 0.259. The summed E-state index contributed by atoms with van der Waals surface area (Å²) in [5.41, 5.74) is 1.51. The molecule has 0 aliphatic heterocycles. The van der Waals surface area contributed by atoms with Crippen molar-refractivity contribution in [3.63, 3.8) is 0 Å². The van der Waals surface area contributed by atoms with E-state index >= 15 is 0 Å². The van der Waals surface area contributed by atoms with Crippen molar-refractivity contribution in [2.45, 2.75) is 6.42 Å². The summed E-state index contributed by atoms with van der Waals surface area (Å²) in [5.74, 6) is 0.910. The number of phenolic OH excluding ortho intramolecular Hbond substituents is 1. The number of hydrogen-bond donors (Lipinski definition) is 1. The summed E-state index contributed by atoms with van der Waals surface area (Å²) in [6, 6.07) is 10.7. The zero-order valence-electron chi connectivity index (χ0n) is 9.42. The highest BCUT2D eigenvalue weighted by atomic mass is 35.5. The molecule has 0 bridgehead atoms. The topological polar surface area (TPSA) is 50.4 Å². The van der Waals surface area contributed by atoms with Crippen molar-refractivity contribution in [1.82, 2.24) is 14.6 Å². The lowest BCUT2D eigenvalue weighted by Crippen LogP contribution is -1.92. The van der Waals surface area contributed by atoms with E-state index in [1.807, 2.05) is 12.1 Å². The van der Waals surface area contributed by atoms with Crippen LogP contribution in [0.15, 0.2) is 42.6 Å². The summed E-state index contributed by atoms with van der Waals surface area (Å²) >= 11 is 5.89. The fourth-order valence-corrected chi connectivity index (χ4v) is 1.96. The van der Waals surface area contributed by atoms with Crippen LogP contribution in [0.1, 0.15) is 11.4 Å². The maximum absolute atomic E-state index is 9.71. The maximum atomic E-state index is 9.71. The molecule has 0 aliphatic carbocycles. The van der Waals surface area contributed by atoms with Crippen molar-refractivity contribution in [2.24, 2.45) is 0 Å². The molecule has 1 aromatic carbocycles. The van der Waals surface area contributed by atoms with Crippen molar-refractivity contribution in [3.8, 4) is 5.75 Å². The molecular weight excluding hydrogens is 250 g/mol. The SMILES string of the molecule is Oc1ccccc1Cc1nc2cc(Cl)ccn2n1. The molecule has 2 aromatic heterocycles. The molecule has 3 aromatic rings. The maximum Gasteiger partial charge on any atom is 0.157 e. The second-order valence-corrected chi connectivity index (χ2v) is 4.42. The first kappa shape index (κ1) is 11.0. The molecule has 0 saturated heterocycles. The summed E-state index contributed by atoms with van der Waals surface area (Å²) in [7, 11) is 0. The molecule has 1 N–H and O–H groups in total. The molecule has 0 radical (unpaired) electrons. The number of para-hydroxylation sites is 1. The molecule has 0 atom stereocenters. The largest absolute Gasteiger partial charge is 0.508 e. The standard InChI is InChI=1S/C13H10ClN3O/c14-10-5-6-17-13(8-10)15-12(16-17)7-9-3-1-2-4-11(9)18/h1-6,8,18H,7H2. The van der Waals surface area contributed by atoms with Crippen LogP contribution in [0.5, 0.6) is 5.75 Å². The van der Waals surface area contributed by atoms with Crippen LogP contribution in [0.25, 0.3) is 5.65 Å². The Hall–Kier alpha value is -2.07. The quantitative estimate of drug-likeness (QED) is 0.770. The summed E-state index contributed by atoms with van der Waals surface area (Å²) in [6.45, 7) is 0. The molecule has 2 heterocycles. The molecule has 0 unspecified atom stereocenters. The average Bonchev–Trinajstić information content (AvgIpc) is 2.73. The number of phenols is 1. The lowest BCUT2D eigenvalue weighted by atomic mass is 10.1. The van der Waals surface area contributed by atoms with Crippen LogP contribution in [-0.2, 0) is 6.42 Å². The molecule has 0 saturated carbocycles. The van der Waals surface area contributed by atoms with Gasteiger partial charge in [0.05, 0.1) is 0 Å². The van der Waals surface area contributed by atoms with Gasteiger partial charge in [-0.05, 0) is 12.1 Å². The van der Waals surface area contributed by atoms with Crippen LogP contribution in [0.2, 0.25) is 5.02 Å². The van der Waals surface area contributed by atoms with E-state index in [0.717, 1.165) is 5.56 Å². The van der Waals surface area contributed by atoms with Crippen LogP contribution in [-0.4, -0.2) is 19.7 Å². The monoisotopic (exact) mass is 259 g/mol. The van der Waals surface area contributed by atoms with Gasteiger partial charge in [-0.25, -0.2) is 9.50 Å². The smallest absolute Gasteiger partial charge is 0.157 e. The number of halogens is 1. The highest BCUT2D eigenvalue weighted by molar-refractivity contribution is 6.30. The molecule has 0 aliphatic rings. The number of pyridine rings is 1. The first-order valence-corrected chi connectivity index (χ1v) is 5.88. The Labute approximate surface area is 108 Å². The number of nitrogens with zero attached hydrogens (tertiary/aromatic N) is 3. The fraction of sp³-hybridized carbons (Fsp3) is 0.0769. The Morgan fingerprint density at radius 2 is 2.06 bits per heavy atom. The predicted octanol–water partition coefficient (Wildman–Crippen LogP) is 2.68. The summed E-state index contributed by atoms with van der Waals surface area (Å²) in [6.07, 6.45) is 2.25. The lowest BCUT2D eigenvalue weighted by molar-refractivity contribution is 0.469. The number of aromatic hydroxyl groups is 1. The zero-order valence-corrected chi connectivity index (χ0v) is 10.2. The van der Waals surface area contributed by atoms with E-state index in [0.29, 0.717) is 22.9 Å². The Bertz CT molecular complexity index is 708. The molecule has 0 amide bonds. The minimum Gasteiger partial charge on any atom is -0.508 e. The van der Waals surface area contributed by atoms with Gasteiger partial charge >= 0.3 is 0 Å². The van der Waals surface area contributed by atoms with Gasteiger partial charge in [0.15, 0.2) is 11.5 Å². The van der Waals surface area contributed by atoms with E-state index in [1.54, 1.807) is 35.0 Å². The van der Waals surface area contributed by atoms with Gasteiger partial charge in [-0.1, -0.05) is 29.8 Å². The number of fused-ring (bicyclic) bond motifs is 1. The molecular formula is C13H10ClN3O. The summed E-state index contributed by atoms with van der Waals surface area (Å²) in [5, 5.41) is 14.7. The fourth-order valence-electron chi connectivity index (χ4n) is 1.81. The van der Waals surface area contributed by atoms with E-state index < -0.39 is 0 Å². The normalized spacial score (nSPS) is 10.9. The van der Waals surface area contributed by atoms with Gasteiger partial charge in [0.1, 0.15) is 5.75 Å². The Morgan fingerprint density at radius 1 is 1.22 bits per heavy atom. The zero-order chi connectivity index (χ0) is 12.5. The second kappa shape index (κ2) is 4.31. The average molecular weight is 260 g/mol. The molecule has 0 spiro atoms. The van der Waals surface area contributed by atoms with E-state index in [9.17, 15) is 5.11 Å². The molecule has 5 heteroatoms. The molecule has 0 fully saturated rings. The van der Waals surface area contributed by atoms with E-state index in [1.165, 1.54) is 0 Å². The van der Waals surface area contributed by atoms with Gasteiger partial charge in [0.2, 0.25) is 0 Å². The lowest BCUT2D eigenvalue weighted by Gasteiger charge is -1.99. The Morgan fingerprint density at radius 3 is 2.89 bits per heavy atom. The summed E-state index contributed by atoms with van der Waals surface area (Å²) < 4.78 is 1.67. The van der Waals surface area contributed by atoms with Crippen LogP contribution in [0, 0.1) is 0 Å². The van der Waals surface area contributed by atoms with Crippen molar-refractivity contribution in [3.05, 3.63) is 59.0 Å². The van der Waals surface area contributed by atoms with Gasteiger partial charge in [0.25, 0.3) is 0 Å². The van der Waals surface area contributed by atoms with Gasteiger partial charge in [0, 0.05) is 29.3 Å². The number of hydrogen-bond acceptors (Lipinski definition) is 3. The van der Waals surface area contributed by atoms with Crippen molar-refractivity contribution in [2.75, 3.05) is 0 Å². The molecule has 3 rings (SSSR count). The summed E-state index contributed by atoms with van der Waals surface area (Å²) in [4.78, 5) is 4.37. The van der Waals surface area contributed by atoms with Crippen LogP contribution < -0.4 is 0 Å². The first-order valence-electron chi connectivity index (χ1n) is 5.50. The van der Waals surface area contributed by atoms with Crippen molar-refractivity contribution >= 4 is 17.2 Å². The third kappa shape index (κ3) is 2.02. The number of rotatable bonds is 2. The Kier molecular flexibility index (Phi) is 2.64. The van der Waals surface area contributed by atoms with Crippen molar-refractivity contribution in [1.29, 1.82) is 0 Å². The van der Waals surface area contributed by atoms with Gasteiger partial charge < -0.3 is 5.11 Å². The van der Waals surface area contributed by atoms with Crippen LogP contribution >= 0.6 is 11.6 Å². The van der Waals surface area contributed by atoms with Gasteiger partial charge in [-0.2, -0.15) is 5.10 Å². The minimum absolute atomic E-state index is 0.259. The van der Waals surface area contributed by atoms with Gasteiger partial charge in [-0.15, -0.1) is 0 Å². The number of benzene rings is 1. The highest BCUT2D eigenvalue weighted by Gasteiger charge is 2.07. The second-order valence-electron chi connectivity index (χ2n) is 3.98. The predicted molar refractivity (Wildman–Crippen MR) is 68.9 cm³/mol. The van der Waals surface area contributed by atoms with E-state index in [4.69, 9.17) is 11.6 Å². The molecule has 18 heavy (non-hydrogen) atoms. The number of aromatic nitrogens is 3.